The number of imidazole rings is 1. The molecular formula is C12H16N6O2. The first-order valence-electron chi connectivity index (χ1n) is 6.03. The van der Waals surface area contributed by atoms with Crippen molar-refractivity contribution in [3.8, 4) is 0 Å². The highest BCUT2D eigenvalue weighted by Crippen LogP contribution is 2.15. The fourth-order valence-electron chi connectivity index (χ4n) is 1.79. The van der Waals surface area contributed by atoms with E-state index in [9.17, 15) is 9.59 Å². The van der Waals surface area contributed by atoms with E-state index in [1.54, 1.807) is 17.7 Å². The molecule has 0 fully saturated rings. The van der Waals surface area contributed by atoms with Crippen LogP contribution in [0.3, 0.4) is 0 Å². The Kier molecular flexibility index (Phi) is 3.55. The molecule has 0 aromatic carbocycles. The molecule has 0 aliphatic heterocycles. The summed E-state index contributed by atoms with van der Waals surface area (Å²) >= 11 is 0. The number of aromatic nitrogens is 4. The first kappa shape index (κ1) is 13.8. The Balaban J connectivity index is 2.79. The zero-order chi connectivity index (χ0) is 14.9. The molecule has 0 radical (unpaired) electrons. The van der Waals surface area contributed by atoms with Crippen molar-refractivity contribution in [3.05, 3.63) is 33.5 Å². The van der Waals surface area contributed by atoms with Gasteiger partial charge in [-0.3, -0.25) is 18.9 Å². The Labute approximate surface area is 114 Å². The third-order valence-electron chi connectivity index (χ3n) is 2.70. The van der Waals surface area contributed by atoms with Crippen LogP contribution in [0.2, 0.25) is 0 Å². The molecule has 8 heteroatoms. The summed E-state index contributed by atoms with van der Waals surface area (Å²) in [6.07, 6.45) is 1.64. The van der Waals surface area contributed by atoms with Crippen molar-refractivity contribution >= 4 is 22.8 Å². The summed E-state index contributed by atoms with van der Waals surface area (Å²) in [5, 5.41) is 4.06. The second kappa shape index (κ2) is 5.16. The molecule has 0 bridgehead atoms. The zero-order valence-electron chi connectivity index (χ0n) is 11.6. The smallest absolute Gasteiger partial charge is 0.299 e. The molecule has 0 aliphatic rings. The van der Waals surface area contributed by atoms with Crippen molar-refractivity contribution in [1.29, 1.82) is 0 Å². The predicted octanol–water partition coefficient (Wildman–Crippen LogP) is 0.417. The highest BCUT2D eigenvalue weighted by atomic mass is 16.2. The van der Waals surface area contributed by atoms with Gasteiger partial charge < -0.3 is 0 Å². The van der Waals surface area contributed by atoms with E-state index in [0.717, 1.165) is 5.71 Å². The summed E-state index contributed by atoms with van der Waals surface area (Å²) in [6, 6.07) is 0. The molecule has 8 nitrogen and oxygen atoms in total. The lowest BCUT2D eigenvalue weighted by Gasteiger charge is -2.04. The molecular weight excluding hydrogens is 260 g/mol. The van der Waals surface area contributed by atoms with Gasteiger partial charge in [0.1, 0.15) is 0 Å². The highest BCUT2D eigenvalue weighted by molar-refractivity contribution is 5.80. The van der Waals surface area contributed by atoms with Crippen molar-refractivity contribution < 1.29 is 0 Å². The summed E-state index contributed by atoms with van der Waals surface area (Å²) in [7, 11) is 1.55. The molecule has 2 N–H and O–H groups in total. The maximum atomic E-state index is 12.0. The number of nitrogens with zero attached hydrogens (tertiary/aromatic N) is 4. The minimum atomic E-state index is -0.507. The second-order valence-corrected chi connectivity index (χ2v) is 4.50. The van der Waals surface area contributed by atoms with Gasteiger partial charge >= 0.3 is 5.69 Å². The van der Waals surface area contributed by atoms with Crippen LogP contribution in [-0.4, -0.2) is 24.8 Å². The third-order valence-corrected chi connectivity index (χ3v) is 2.70. The number of hydrogen-bond donors (Lipinski definition) is 2. The molecule has 2 heterocycles. The molecule has 2 rings (SSSR count). The Hall–Kier alpha value is -2.64. The van der Waals surface area contributed by atoms with Gasteiger partial charge in [-0.2, -0.15) is 10.1 Å². The minimum Gasteiger partial charge on any atom is -0.299 e. The van der Waals surface area contributed by atoms with Crippen LogP contribution in [0.4, 0.5) is 5.95 Å². The van der Waals surface area contributed by atoms with Crippen LogP contribution in [-0.2, 0) is 13.6 Å². The van der Waals surface area contributed by atoms with Gasteiger partial charge in [0.25, 0.3) is 5.56 Å². The number of aryl methyl sites for hydroxylation is 1. The van der Waals surface area contributed by atoms with Crippen LogP contribution in [0.25, 0.3) is 11.2 Å². The molecule has 0 amide bonds. The second-order valence-electron chi connectivity index (χ2n) is 4.50. The van der Waals surface area contributed by atoms with Crippen molar-refractivity contribution in [2.75, 3.05) is 5.43 Å². The molecule has 2 aromatic rings. The Morgan fingerprint density at radius 1 is 1.50 bits per heavy atom. The summed E-state index contributed by atoms with van der Waals surface area (Å²) in [6.45, 7) is 7.69. The highest BCUT2D eigenvalue weighted by Gasteiger charge is 2.16. The van der Waals surface area contributed by atoms with Crippen LogP contribution in [0, 0.1) is 0 Å². The lowest BCUT2D eigenvalue weighted by atomic mass is 10.5. The number of aromatic amines is 1. The van der Waals surface area contributed by atoms with E-state index >= 15 is 0 Å². The summed E-state index contributed by atoms with van der Waals surface area (Å²) in [5.74, 6) is 0.382. The first-order chi connectivity index (χ1) is 9.45. The van der Waals surface area contributed by atoms with Gasteiger partial charge in [-0.05, 0) is 13.8 Å². The summed E-state index contributed by atoms with van der Waals surface area (Å²) < 4.78 is 2.90. The van der Waals surface area contributed by atoms with E-state index in [-0.39, 0.29) is 0 Å². The van der Waals surface area contributed by atoms with E-state index in [1.165, 1.54) is 4.57 Å². The van der Waals surface area contributed by atoms with Gasteiger partial charge in [-0.25, -0.2) is 10.2 Å². The fraction of sp³-hybridized carbons (Fsp3) is 0.333. The third kappa shape index (κ3) is 2.27. The molecule has 106 valence electrons. The quantitative estimate of drug-likeness (QED) is 0.480. The lowest BCUT2D eigenvalue weighted by molar-refractivity contribution is 0.819. The van der Waals surface area contributed by atoms with Gasteiger partial charge in [0.2, 0.25) is 5.95 Å². The van der Waals surface area contributed by atoms with E-state index in [4.69, 9.17) is 0 Å². The van der Waals surface area contributed by atoms with Crippen LogP contribution in [0.5, 0.6) is 0 Å². The Morgan fingerprint density at radius 2 is 2.20 bits per heavy atom. The SMILES string of the molecule is C=CCn1c(NN=C(C)C)nc2c1c(=O)[nH]c(=O)n2C. The maximum absolute atomic E-state index is 12.0. The number of nitrogens with one attached hydrogen (secondary N) is 2. The van der Waals surface area contributed by atoms with E-state index < -0.39 is 11.2 Å². The van der Waals surface area contributed by atoms with E-state index in [2.05, 4.69) is 27.1 Å². The monoisotopic (exact) mass is 276 g/mol. The molecule has 0 saturated heterocycles. The molecule has 0 spiro atoms. The van der Waals surface area contributed by atoms with Crippen molar-refractivity contribution in [2.24, 2.45) is 12.1 Å². The van der Waals surface area contributed by atoms with Crippen molar-refractivity contribution in [3.63, 3.8) is 0 Å². The number of anilines is 1. The summed E-state index contributed by atoms with van der Waals surface area (Å²) in [5.41, 5.74) is 3.21. The van der Waals surface area contributed by atoms with Gasteiger partial charge in [0.15, 0.2) is 11.2 Å². The van der Waals surface area contributed by atoms with Gasteiger partial charge in [-0.15, -0.1) is 6.58 Å². The predicted molar refractivity (Wildman–Crippen MR) is 78.2 cm³/mol. The van der Waals surface area contributed by atoms with Crippen molar-refractivity contribution in [1.82, 2.24) is 19.1 Å². The summed E-state index contributed by atoms with van der Waals surface area (Å²) in [4.78, 5) is 30.1. The molecule has 0 aliphatic carbocycles. The Bertz CT molecular complexity index is 804. The zero-order valence-corrected chi connectivity index (χ0v) is 11.6. The first-order valence-corrected chi connectivity index (χ1v) is 6.03. The number of hydrazone groups is 1. The van der Waals surface area contributed by atoms with E-state index in [1.807, 2.05) is 13.8 Å². The topological polar surface area (TPSA) is 97.1 Å². The largest absolute Gasteiger partial charge is 0.329 e. The maximum Gasteiger partial charge on any atom is 0.329 e. The average Bonchev–Trinajstić information content (AvgIpc) is 2.74. The van der Waals surface area contributed by atoms with Crippen LogP contribution in [0.1, 0.15) is 13.8 Å². The van der Waals surface area contributed by atoms with Crippen LogP contribution in [0.15, 0.2) is 27.3 Å². The Morgan fingerprint density at radius 3 is 2.80 bits per heavy atom. The average molecular weight is 276 g/mol. The number of fused-ring (bicyclic) bond motifs is 1. The normalized spacial score (nSPS) is 10.6. The minimum absolute atomic E-state index is 0.298. The van der Waals surface area contributed by atoms with Crippen molar-refractivity contribution in [2.45, 2.75) is 20.4 Å². The standard InChI is InChI=1S/C12H16N6O2/c1-5-6-18-8-9(13-11(18)16-15-7(2)3)17(4)12(20)14-10(8)19/h5H,1,6H2,2-4H3,(H,13,16)(H,14,19,20). The molecule has 2 aromatic heterocycles. The van der Waals surface area contributed by atoms with Crippen LogP contribution < -0.4 is 16.7 Å². The number of hydrogen-bond acceptors (Lipinski definition) is 5. The van der Waals surface area contributed by atoms with Gasteiger partial charge in [0.05, 0.1) is 0 Å². The fourth-order valence-corrected chi connectivity index (χ4v) is 1.79. The molecule has 0 atom stereocenters. The number of H-pyrrole nitrogens is 1. The molecule has 0 unspecified atom stereocenters. The lowest BCUT2D eigenvalue weighted by Crippen LogP contribution is -2.29. The van der Waals surface area contributed by atoms with Gasteiger partial charge in [-0.1, -0.05) is 6.08 Å². The van der Waals surface area contributed by atoms with Gasteiger partial charge in [0, 0.05) is 19.3 Å². The van der Waals surface area contributed by atoms with E-state index in [0.29, 0.717) is 23.7 Å². The number of allylic oxidation sites excluding steroid dienone is 1. The van der Waals surface area contributed by atoms with Crippen LogP contribution >= 0.6 is 0 Å². The molecule has 20 heavy (non-hydrogen) atoms. The number of rotatable bonds is 4. The molecule has 0 saturated carbocycles.